The molecule has 0 aliphatic carbocycles. The van der Waals surface area contributed by atoms with E-state index in [2.05, 4.69) is 45.1 Å². The molecular formula is C65H122O6. The first-order valence-electron chi connectivity index (χ1n) is 31.8. The number of hydrogen-bond acceptors (Lipinski definition) is 6. The van der Waals surface area contributed by atoms with Crippen molar-refractivity contribution in [2.45, 2.75) is 361 Å². The van der Waals surface area contributed by atoms with E-state index in [1.807, 2.05) is 0 Å². The zero-order valence-corrected chi connectivity index (χ0v) is 48.0. The normalized spacial score (nSPS) is 12.1. The van der Waals surface area contributed by atoms with Crippen molar-refractivity contribution in [3.8, 4) is 0 Å². The summed E-state index contributed by atoms with van der Waals surface area (Å²) in [4.78, 5) is 38.3. The van der Waals surface area contributed by atoms with Crippen LogP contribution >= 0.6 is 0 Å². The van der Waals surface area contributed by atoms with Gasteiger partial charge in [0.05, 0.1) is 0 Å². The van der Waals surface area contributed by atoms with Crippen molar-refractivity contribution in [3.63, 3.8) is 0 Å². The van der Waals surface area contributed by atoms with Gasteiger partial charge in [-0.3, -0.25) is 14.4 Å². The summed E-state index contributed by atoms with van der Waals surface area (Å²) >= 11 is 0. The molecule has 0 fully saturated rings. The summed E-state index contributed by atoms with van der Waals surface area (Å²) in [6, 6.07) is 0. The molecule has 1 unspecified atom stereocenters. The number of ether oxygens (including phenoxy) is 3. The van der Waals surface area contributed by atoms with Crippen LogP contribution in [-0.4, -0.2) is 37.2 Å². The third kappa shape index (κ3) is 58.7. The van der Waals surface area contributed by atoms with E-state index in [1.165, 1.54) is 238 Å². The molecule has 0 N–H and O–H groups in total. The standard InChI is InChI=1S/C65H122O6/c1-4-7-10-13-16-19-22-25-28-30-32-33-34-36-37-40-43-46-49-52-55-58-64(67)70-61-62(60-69-63(66)57-54-51-48-45-42-39-27-24-21-18-15-12-9-6-3)71-65(68)59-56-53-50-47-44-41-38-35-31-29-26-23-20-17-14-11-8-5-2/h15,18,24,27,62H,4-14,16-17,19-23,25-26,28-61H2,1-3H3/b18-15-,27-24-. The van der Waals surface area contributed by atoms with Gasteiger partial charge in [0, 0.05) is 19.3 Å². The fourth-order valence-corrected chi connectivity index (χ4v) is 9.64. The molecule has 0 aliphatic heterocycles. The summed E-state index contributed by atoms with van der Waals surface area (Å²) in [7, 11) is 0. The van der Waals surface area contributed by atoms with Gasteiger partial charge in [0.15, 0.2) is 6.10 Å². The minimum absolute atomic E-state index is 0.0696. The summed E-state index contributed by atoms with van der Waals surface area (Å²) in [6.07, 6.45) is 71.8. The number of carbonyl (C=O) groups excluding carboxylic acids is 3. The molecule has 71 heavy (non-hydrogen) atoms. The predicted molar refractivity (Wildman–Crippen MR) is 307 cm³/mol. The van der Waals surface area contributed by atoms with Gasteiger partial charge in [-0.05, 0) is 44.9 Å². The Labute approximate surface area is 443 Å². The van der Waals surface area contributed by atoms with Crippen molar-refractivity contribution < 1.29 is 28.6 Å². The summed E-state index contributed by atoms with van der Waals surface area (Å²) in [5.74, 6) is -0.856. The van der Waals surface area contributed by atoms with Gasteiger partial charge in [0.1, 0.15) is 13.2 Å². The van der Waals surface area contributed by atoms with E-state index < -0.39 is 6.10 Å². The van der Waals surface area contributed by atoms with Gasteiger partial charge in [-0.15, -0.1) is 0 Å². The van der Waals surface area contributed by atoms with E-state index in [9.17, 15) is 14.4 Å². The highest BCUT2D eigenvalue weighted by molar-refractivity contribution is 5.71. The molecule has 0 rings (SSSR count). The number of rotatable bonds is 59. The summed E-state index contributed by atoms with van der Waals surface area (Å²) in [6.45, 7) is 6.66. The first-order chi connectivity index (χ1) is 35.0. The van der Waals surface area contributed by atoms with E-state index >= 15 is 0 Å². The second-order valence-corrected chi connectivity index (χ2v) is 21.7. The lowest BCUT2D eigenvalue weighted by atomic mass is 10.0. The molecule has 0 radical (unpaired) electrons. The lowest BCUT2D eigenvalue weighted by Gasteiger charge is -2.18. The first-order valence-corrected chi connectivity index (χ1v) is 31.8. The molecule has 0 bridgehead atoms. The minimum Gasteiger partial charge on any atom is -0.462 e. The van der Waals surface area contributed by atoms with Gasteiger partial charge in [-0.2, -0.15) is 0 Å². The highest BCUT2D eigenvalue weighted by Gasteiger charge is 2.19. The quantitative estimate of drug-likeness (QED) is 0.0261. The van der Waals surface area contributed by atoms with Crippen LogP contribution in [0, 0.1) is 0 Å². The van der Waals surface area contributed by atoms with Crippen LogP contribution in [-0.2, 0) is 28.6 Å². The molecule has 6 nitrogen and oxygen atoms in total. The van der Waals surface area contributed by atoms with E-state index in [4.69, 9.17) is 14.2 Å². The highest BCUT2D eigenvalue weighted by atomic mass is 16.6. The van der Waals surface area contributed by atoms with E-state index in [0.717, 1.165) is 77.0 Å². The first kappa shape index (κ1) is 68.9. The van der Waals surface area contributed by atoms with Crippen LogP contribution in [0.1, 0.15) is 355 Å². The molecule has 0 aromatic carbocycles. The Morgan fingerprint density at radius 3 is 0.817 bits per heavy atom. The van der Waals surface area contributed by atoms with Gasteiger partial charge in [0.25, 0.3) is 0 Å². The smallest absolute Gasteiger partial charge is 0.306 e. The zero-order valence-electron chi connectivity index (χ0n) is 48.0. The Bertz CT molecular complexity index is 1150. The van der Waals surface area contributed by atoms with Crippen molar-refractivity contribution in [1.82, 2.24) is 0 Å². The molecule has 418 valence electrons. The fraction of sp³-hybridized carbons (Fsp3) is 0.892. The van der Waals surface area contributed by atoms with Gasteiger partial charge in [0.2, 0.25) is 0 Å². The number of carbonyl (C=O) groups is 3. The fourth-order valence-electron chi connectivity index (χ4n) is 9.64. The van der Waals surface area contributed by atoms with Crippen LogP contribution in [0.2, 0.25) is 0 Å². The molecule has 1 atom stereocenters. The van der Waals surface area contributed by atoms with Crippen LogP contribution in [0.3, 0.4) is 0 Å². The van der Waals surface area contributed by atoms with Crippen molar-refractivity contribution in [3.05, 3.63) is 24.3 Å². The van der Waals surface area contributed by atoms with Crippen molar-refractivity contribution in [2.24, 2.45) is 0 Å². The average Bonchev–Trinajstić information content (AvgIpc) is 3.37. The maximum absolute atomic E-state index is 12.9. The summed E-state index contributed by atoms with van der Waals surface area (Å²) in [5.41, 5.74) is 0. The van der Waals surface area contributed by atoms with Gasteiger partial charge in [-0.25, -0.2) is 0 Å². The lowest BCUT2D eigenvalue weighted by Crippen LogP contribution is -2.30. The highest BCUT2D eigenvalue weighted by Crippen LogP contribution is 2.18. The Kier molecular flexibility index (Phi) is 58.6. The van der Waals surface area contributed by atoms with Gasteiger partial charge < -0.3 is 14.2 Å². The van der Waals surface area contributed by atoms with Gasteiger partial charge in [-0.1, -0.05) is 315 Å². The second kappa shape index (κ2) is 60.4. The van der Waals surface area contributed by atoms with Crippen LogP contribution in [0.15, 0.2) is 24.3 Å². The lowest BCUT2D eigenvalue weighted by molar-refractivity contribution is -0.167. The molecule has 0 saturated heterocycles. The molecule has 0 spiro atoms. The molecule has 0 amide bonds. The number of unbranched alkanes of at least 4 members (excludes halogenated alkanes) is 44. The van der Waals surface area contributed by atoms with Crippen molar-refractivity contribution >= 4 is 17.9 Å². The van der Waals surface area contributed by atoms with Crippen LogP contribution in [0.25, 0.3) is 0 Å². The van der Waals surface area contributed by atoms with E-state index in [-0.39, 0.29) is 31.1 Å². The SMILES string of the molecule is CCCC/C=C\C/C=C\CCCCCCCC(=O)OCC(COC(=O)CCCCCCCCCCCCCCCCCCCCCCC)OC(=O)CCCCCCCCCCCCCCCCCCCC. The van der Waals surface area contributed by atoms with E-state index in [0.29, 0.717) is 19.3 Å². The van der Waals surface area contributed by atoms with Crippen molar-refractivity contribution in [2.75, 3.05) is 13.2 Å². The molecule has 0 saturated carbocycles. The largest absolute Gasteiger partial charge is 0.462 e. The molecule has 0 heterocycles. The zero-order chi connectivity index (χ0) is 51.4. The number of allylic oxidation sites excluding steroid dienone is 4. The maximum atomic E-state index is 12.9. The van der Waals surface area contributed by atoms with Crippen molar-refractivity contribution in [1.29, 1.82) is 0 Å². The minimum atomic E-state index is -0.773. The molecule has 0 aromatic rings. The third-order valence-corrected chi connectivity index (χ3v) is 14.5. The Hall–Kier alpha value is -2.11. The molecule has 6 heteroatoms. The van der Waals surface area contributed by atoms with Gasteiger partial charge >= 0.3 is 17.9 Å². The van der Waals surface area contributed by atoms with Crippen LogP contribution < -0.4 is 0 Å². The summed E-state index contributed by atoms with van der Waals surface area (Å²) < 4.78 is 16.9. The molecular weight excluding hydrogens is 877 g/mol. The Morgan fingerprint density at radius 2 is 0.521 bits per heavy atom. The number of esters is 3. The monoisotopic (exact) mass is 999 g/mol. The molecule has 0 aliphatic rings. The number of hydrogen-bond donors (Lipinski definition) is 0. The Morgan fingerprint density at radius 1 is 0.282 bits per heavy atom. The Balaban J connectivity index is 4.28. The predicted octanol–water partition coefficient (Wildman–Crippen LogP) is 21.4. The maximum Gasteiger partial charge on any atom is 0.306 e. The molecule has 0 aromatic heterocycles. The average molecular weight is 1000 g/mol. The summed E-state index contributed by atoms with van der Waals surface area (Å²) in [5, 5.41) is 0. The van der Waals surface area contributed by atoms with Crippen LogP contribution in [0.5, 0.6) is 0 Å². The van der Waals surface area contributed by atoms with E-state index in [1.54, 1.807) is 0 Å². The second-order valence-electron chi connectivity index (χ2n) is 21.7. The topological polar surface area (TPSA) is 78.9 Å². The van der Waals surface area contributed by atoms with Crippen LogP contribution in [0.4, 0.5) is 0 Å². The third-order valence-electron chi connectivity index (χ3n) is 14.5.